The molecule has 0 aliphatic heterocycles. The third-order valence-electron chi connectivity index (χ3n) is 14.1. The monoisotopic (exact) mass is 685 g/mol. The van der Waals surface area contributed by atoms with Crippen molar-refractivity contribution in [3.63, 3.8) is 0 Å². The minimum Gasteiger partial charge on any atom is -0.463 e. The van der Waals surface area contributed by atoms with E-state index in [-0.39, 0.29) is 41.0 Å². The Labute approximate surface area is 299 Å². The zero-order chi connectivity index (χ0) is 36.2. The summed E-state index contributed by atoms with van der Waals surface area (Å²) >= 11 is 0. The van der Waals surface area contributed by atoms with E-state index in [1.165, 1.54) is 18.4 Å². The van der Waals surface area contributed by atoms with E-state index >= 15 is 0 Å². The van der Waals surface area contributed by atoms with Crippen LogP contribution < -0.4 is 0 Å². The van der Waals surface area contributed by atoms with Gasteiger partial charge in [0.15, 0.2) is 5.78 Å². The number of aromatic nitrogens is 3. The first-order chi connectivity index (χ1) is 23.6. The standard InChI is InChI=1S/C42H59N3O5/c1-10-40(8)18-16-29-28-17-20-42(38-45-44-37(50-38)32-14-11-26(4)23-43-32)21-33(47)35(25(2)3)36(42)30(28)12-13-31(29)41(40,9)19-15-27(5)49-34(48)22-39(6,7)24-46/h11,14,23-25,27-31H,10,12-13,15-22H2,1-9H3. The van der Waals surface area contributed by atoms with Crippen molar-refractivity contribution in [1.29, 1.82) is 0 Å². The first-order valence-corrected chi connectivity index (χ1v) is 19.3. The Balaban J connectivity index is 1.28. The molecule has 3 fully saturated rings. The molecule has 8 heteroatoms. The van der Waals surface area contributed by atoms with Gasteiger partial charge in [-0.05, 0) is 128 Å². The third kappa shape index (κ3) is 6.21. The molecular formula is C42H59N3O5. The van der Waals surface area contributed by atoms with Gasteiger partial charge in [0.1, 0.15) is 12.0 Å². The van der Waals surface area contributed by atoms with Crippen LogP contribution >= 0.6 is 0 Å². The number of nitrogens with zero attached hydrogens (tertiary/aromatic N) is 3. The van der Waals surface area contributed by atoms with Crippen LogP contribution in [-0.2, 0) is 24.5 Å². The molecule has 2 aromatic rings. The molecule has 2 aromatic heterocycles. The average Bonchev–Trinajstić information content (AvgIpc) is 3.69. The number of Topliss-reactive ketones (excluding diaryl/α,β-unsaturated/α-hetero) is 1. The topological polar surface area (TPSA) is 112 Å². The molecule has 4 aliphatic rings. The van der Waals surface area contributed by atoms with Crippen LogP contribution in [0.3, 0.4) is 0 Å². The number of fused-ring (bicyclic) bond motifs is 5. The summed E-state index contributed by atoms with van der Waals surface area (Å²) in [7, 11) is 0. The van der Waals surface area contributed by atoms with Crippen LogP contribution in [0.5, 0.6) is 0 Å². The van der Waals surface area contributed by atoms with Crippen molar-refractivity contribution in [3.05, 3.63) is 40.9 Å². The van der Waals surface area contributed by atoms with E-state index in [1.807, 2.05) is 32.2 Å². The molecule has 0 bridgehead atoms. The summed E-state index contributed by atoms with van der Waals surface area (Å²) in [6.07, 6.45) is 12.4. The number of ketones is 1. The Bertz CT molecular complexity index is 1640. The van der Waals surface area contributed by atoms with E-state index in [0.29, 0.717) is 47.6 Å². The second-order valence-electron chi connectivity index (χ2n) is 17.9. The van der Waals surface area contributed by atoms with Crippen LogP contribution in [0.1, 0.15) is 137 Å². The molecule has 2 heterocycles. The highest BCUT2D eigenvalue weighted by atomic mass is 16.5. The summed E-state index contributed by atoms with van der Waals surface area (Å²) in [6.45, 7) is 19.3. The maximum Gasteiger partial charge on any atom is 0.307 e. The van der Waals surface area contributed by atoms with Crippen LogP contribution in [0, 0.1) is 52.8 Å². The number of esters is 1. The molecule has 0 spiro atoms. The average molecular weight is 686 g/mol. The van der Waals surface area contributed by atoms with Gasteiger partial charge < -0.3 is 13.9 Å². The molecule has 0 saturated heterocycles. The lowest BCUT2D eigenvalue weighted by atomic mass is 9.41. The molecule has 50 heavy (non-hydrogen) atoms. The third-order valence-corrected chi connectivity index (χ3v) is 14.1. The number of rotatable bonds is 11. The number of ether oxygens (including phenoxy) is 1. The van der Waals surface area contributed by atoms with E-state index < -0.39 is 10.8 Å². The molecule has 0 amide bonds. The van der Waals surface area contributed by atoms with Gasteiger partial charge in [-0.15, -0.1) is 10.2 Å². The molecule has 8 unspecified atom stereocenters. The van der Waals surface area contributed by atoms with Crippen LogP contribution in [0.25, 0.3) is 11.6 Å². The normalized spacial score (nSPS) is 33.1. The summed E-state index contributed by atoms with van der Waals surface area (Å²) in [4.78, 5) is 42.6. The molecular weight excluding hydrogens is 626 g/mol. The minimum atomic E-state index is -0.713. The minimum absolute atomic E-state index is 0.0933. The number of hydrogen-bond acceptors (Lipinski definition) is 8. The highest BCUT2D eigenvalue weighted by Gasteiger charge is 2.62. The Morgan fingerprint density at radius 1 is 1.08 bits per heavy atom. The van der Waals surface area contributed by atoms with Gasteiger partial charge in [0.05, 0.1) is 17.9 Å². The summed E-state index contributed by atoms with van der Waals surface area (Å²) in [5, 5.41) is 9.13. The number of aryl methyl sites for hydroxylation is 1. The van der Waals surface area contributed by atoms with Crippen LogP contribution in [-0.4, -0.2) is 39.3 Å². The Kier molecular flexibility index (Phi) is 9.84. The van der Waals surface area contributed by atoms with Crippen LogP contribution in [0.4, 0.5) is 0 Å². The van der Waals surface area contributed by atoms with Crippen molar-refractivity contribution in [2.45, 2.75) is 144 Å². The van der Waals surface area contributed by atoms with Gasteiger partial charge in [0, 0.05) is 18.0 Å². The second-order valence-corrected chi connectivity index (χ2v) is 17.9. The maximum atomic E-state index is 14.0. The Hall–Kier alpha value is -3.16. The lowest BCUT2D eigenvalue weighted by molar-refractivity contribution is -0.155. The Morgan fingerprint density at radius 3 is 2.48 bits per heavy atom. The van der Waals surface area contributed by atoms with Crippen molar-refractivity contribution >= 4 is 18.0 Å². The van der Waals surface area contributed by atoms with Gasteiger partial charge in [0.2, 0.25) is 5.89 Å². The molecule has 8 atom stereocenters. The van der Waals surface area contributed by atoms with Gasteiger partial charge in [-0.3, -0.25) is 14.6 Å². The van der Waals surface area contributed by atoms with Crippen molar-refractivity contribution in [1.82, 2.24) is 15.2 Å². The SMILES string of the molecule is CCC1(C)CCC2C3CCC4(c5nnc(-c6ccc(C)cn6)o5)CC(=O)C(C(C)C)=C4C3CCC2C1(C)CCC(C)OC(=O)CC(C)(C)C=O. The summed E-state index contributed by atoms with van der Waals surface area (Å²) in [6, 6.07) is 3.92. The fraction of sp³-hybridized carbons (Fsp3) is 0.714. The summed E-state index contributed by atoms with van der Waals surface area (Å²) in [5.41, 5.74) is 3.09. The number of carbonyl (C=O) groups excluding carboxylic acids is 3. The van der Waals surface area contributed by atoms with E-state index in [9.17, 15) is 14.4 Å². The lowest BCUT2D eigenvalue weighted by Gasteiger charge is -2.63. The molecule has 4 aliphatic carbocycles. The highest BCUT2D eigenvalue weighted by Crippen LogP contribution is 2.68. The molecule has 6 rings (SSSR count). The quantitative estimate of drug-likeness (QED) is 0.170. The van der Waals surface area contributed by atoms with Gasteiger partial charge in [-0.25, -0.2) is 0 Å². The number of allylic oxidation sites excluding steroid dienone is 2. The molecule has 3 saturated carbocycles. The van der Waals surface area contributed by atoms with Gasteiger partial charge in [-0.1, -0.05) is 61.0 Å². The van der Waals surface area contributed by atoms with Gasteiger partial charge >= 0.3 is 5.97 Å². The molecule has 0 radical (unpaired) electrons. The van der Waals surface area contributed by atoms with E-state index in [2.05, 4.69) is 49.8 Å². The van der Waals surface area contributed by atoms with E-state index in [4.69, 9.17) is 9.15 Å². The number of pyridine rings is 1. The van der Waals surface area contributed by atoms with Gasteiger partial charge in [0.25, 0.3) is 5.89 Å². The predicted octanol–water partition coefficient (Wildman–Crippen LogP) is 9.20. The van der Waals surface area contributed by atoms with Crippen molar-refractivity contribution in [2.24, 2.45) is 45.8 Å². The number of carbonyl (C=O) groups is 3. The van der Waals surface area contributed by atoms with E-state index in [1.54, 1.807) is 13.8 Å². The van der Waals surface area contributed by atoms with Crippen molar-refractivity contribution in [3.8, 4) is 11.6 Å². The van der Waals surface area contributed by atoms with Crippen LogP contribution in [0.2, 0.25) is 0 Å². The zero-order valence-corrected chi connectivity index (χ0v) is 31.9. The van der Waals surface area contributed by atoms with Crippen molar-refractivity contribution in [2.75, 3.05) is 0 Å². The van der Waals surface area contributed by atoms with E-state index in [0.717, 1.165) is 62.4 Å². The molecule has 0 N–H and O–H groups in total. The Morgan fingerprint density at radius 2 is 1.82 bits per heavy atom. The highest BCUT2D eigenvalue weighted by molar-refractivity contribution is 6.01. The predicted molar refractivity (Wildman–Crippen MR) is 193 cm³/mol. The fourth-order valence-corrected chi connectivity index (χ4v) is 11.0. The summed E-state index contributed by atoms with van der Waals surface area (Å²) in [5.74, 6) is 3.08. The first kappa shape index (κ1) is 36.6. The zero-order valence-electron chi connectivity index (χ0n) is 31.9. The van der Waals surface area contributed by atoms with Crippen LogP contribution in [0.15, 0.2) is 33.9 Å². The number of aldehydes is 1. The molecule has 0 aromatic carbocycles. The largest absolute Gasteiger partial charge is 0.463 e. The number of hydrogen-bond donors (Lipinski definition) is 0. The smallest absolute Gasteiger partial charge is 0.307 e. The lowest BCUT2D eigenvalue weighted by Crippen LogP contribution is -2.56. The molecule has 272 valence electrons. The second kappa shape index (κ2) is 13.4. The maximum absolute atomic E-state index is 14.0. The summed E-state index contributed by atoms with van der Waals surface area (Å²) < 4.78 is 12.4. The van der Waals surface area contributed by atoms with Crippen molar-refractivity contribution < 1.29 is 23.5 Å². The van der Waals surface area contributed by atoms with Gasteiger partial charge in [-0.2, -0.15) is 0 Å². The fourth-order valence-electron chi connectivity index (χ4n) is 11.0. The molecule has 8 nitrogen and oxygen atoms in total. The first-order valence-electron chi connectivity index (χ1n) is 19.3.